The minimum Gasteiger partial charge on any atom is -0.289 e. The molecule has 1 fully saturated rings. The predicted molar refractivity (Wildman–Crippen MR) is 103 cm³/mol. The number of anilines is 2. The Bertz CT molecular complexity index is 1140. The molecule has 6 nitrogen and oxygen atoms in total. The zero-order chi connectivity index (χ0) is 19.0. The van der Waals surface area contributed by atoms with Crippen LogP contribution in [0.15, 0.2) is 54.9 Å². The summed E-state index contributed by atoms with van der Waals surface area (Å²) in [7, 11) is 0. The van der Waals surface area contributed by atoms with Crippen LogP contribution >= 0.6 is 11.6 Å². The van der Waals surface area contributed by atoms with E-state index >= 15 is 0 Å². The zero-order valence-corrected chi connectivity index (χ0v) is 14.8. The van der Waals surface area contributed by atoms with Crippen molar-refractivity contribution in [1.29, 1.82) is 10.5 Å². The number of nitrogens with zero attached hydrogens (tertiary/aromatic N) is 5. The Morgan fingerprint density at radius 2 is 1.93 bits per heavy atom. The van der Waals surface area contributed by atoms with Gasteiger partial charge in [0.05, 0.1) is 35.7 Å². The standard InChI is InChI=1S/C20H12ClN5O/c21-15-6-5-13(8-22)18(7-15)25-12-16(9-23)26(20(25)27)19-11-24-10-14-3-1-2-4-17(14)19/h1-7,10-11,16H,12H2/t16-/m0/s1. The lowest BCUT2D eigenvalue weighted by Gasteiger charge is -2.21. The first-order valence-electron chi connectivity index (χ1n) is 8.17. The maximum absolute atomic E-state index is 13.2. The second kappa shape index (κ2) is 6.60. The molecule has 130 valence electrons. The van der Waals surface area contributed by atoms with Gasteiger partial charge in [0.2, 0.25) is 0 Å². The molecule has 7 heteroatoms. The highest BCUT2D eigenvalue weighted by molar-refractivity contribution is 6.31. The smallest absolute Gasteiger partial charge is 0.289 e. The number of rotatable bonds is 2. The minimum absolute atomic E-state index is 0.133. The highest BCUT2D eigenvalue weighted by Gasteiger charge is 2.40. The number of hydrogen-bond acceptors (Lipinski definition) is 4. The third-order valence-corrected chi connectivity index (χ3v) is 4.77. The van der Waals surface area contributed by atoms with Gasteiger partial charge in [0.15, 0.2) is 0 Å². The van der Waals surface area contributed by atoms with Crippen molar-refractivity contribution >= 4 is 39.8 Å². The fourth-order valence-electron chi connectivity index (χ4n) is 3.28. The van der Waals surface area contributed by atoms with E-state index in [1.807, 2.05) is 24.3 Å². The summed E-state index contributed by atoms with van der Waals surface area (Å²) in [5.74, 6) is 0. The molecule has 1 aliphatic rings. The fourth-order valence-corrected chi connectivity index (χ4v) is 3.45. The molecule has 0 bridgehead atoms. The lowest BCUT2D eigenvalue weighted by atomic mass is 10.1. The monoisotopic (exact) mass is 373 g/mol. The van der Waals surface area contributed by atoms with Crippen LogP contribution in [0.2, 0.25) is 5.02 Å². The molecule has 2 aromatic carbocycles. The van der Waals surface area contributed by atoms with Gasteiger partial charge in [-0.05, 0) is 18.2 Å². The maximum Gasteiger partial charge on any atom is 0.330 e. The Labute approximate surface area is 160 Å². The number of benzene rings is 2. The molecular formula is C20H12ClN5O. The first-order valence-corrected chi connectivity index (χ1v) is 8.54. The average molecular weight is 374 g/mol. The van der Waals surface area contributed by atoms with Crippen molar-refractivity contribution in [1.82, 2.24) is 4.98 Å². The van der Waals surface area contributed by atoms with Crippen LogP contribution in [-0.4, -0.2) is 23.6 Å². The van der Waals surface area contributed by atoms with Gasteiger partial charge in [0, 0.05) is 22.0 Å². The lowest BCUT2D eigenvalue weighted by molar-refractivity contribution is 0.255. The number of urea groups is 1. The number of carbonyl (C=O) groups excluding carboxylic acids is 1. The summed E-state index contributed by atoms with van der Waals surface area (Å²) < 4.78 is 0. The van der Waals surface area contributed by atoms with Crippen LogP contribution in [0, 0.1) is 22.7 Å². The molecule has 1 atom stereocenters. The number of pyridine rings is 1. The van der Waals surface area contributed by atoms with Gasteiger partial charge in [-0.1, -0.05) is 35.9 Å². The molecule has 2 heterocycles. The molecule has 0 N–H and O–H groups in total. The van der Waals surface area contributed by atoms with Crippen molar-refractivity contribution in [2.24, 2.45) is 0 Å². The Kier molecular flexibility index (Phi) is 4.12. The van der Waals surface area contributed by atoms with E-state index in [-0.39, 0.29) is 6.54 Å². The first-order chi connectivity index (χ1) is 13.1. The van der Waals surface area contributed by atoms with Gasteiger partial charge in [0.1, 0.15) is 12.1 Å². The molecular weight excluding hydrogens is 362 g/mol. The molecule has 0 radical (unpaired) electrons. The number of aromatic nitrogens is 1. The number of amides is 2. The second-order valence-corrected chi connectivity index (χ2v) is 6.50. The quantitative estimate of drug-likeness (QED) is 0.677. The van der Waals surface area contributed by atoms with Crippen LogP contribution in [0.5, 0.6) is 0 Å². The van der Waals surface area contributed by atoms with Gasteiger partial charge in [-0.15, -0.1) is 0 Å². The Balaban J connectivity index is 1.84. The van der Waals surface area contributed by atoms with E-state index in [1.54, 1.807) is 30.6 Å². The van der Waals surface area contributed by atoms with E-state index in [2.05, 4.69) is 17.1 Å². The number of halogens is 1. The summed E-state index contributed by atoms with van der Waals surface area (Å²) in [4.78, 5) is 20.3. The van der Waals surface area contributed by atoms with Gasteiger partial charge in [0.25, 0.3) is 0 Å². The molecule has 1 aromatic heterocycles. The topological polar surface area (TPSA) is 84.0 Å². The van der Waals surface area contributed by atoms with Gasteiger partial charge in [-0.25, -0.2) is 4.79 Å². The van der Waals surface area contributed by atoms with Crippen LogP contribution < -0.4 is 9.80 Å². The molecule has 0 unspecified atom stereocenters. The molecule has 27 heavy (non-hydrogen) atoms. The highest BCUT2D eigenvalue weighted by atomic mass is 35.5. The maximum atomic E-state index is 13.2. The fraction of sp³-hybridized carbons (Fsp3) is 0.100. The normalized spacial score (nSPS) is 16.4. The van der Waals surface area contributed by atoms with E-state index < -0.39 is 12.1 Å². The van der Waals surface area contributed by atoms with Crippen molar-refractivity contribution in [2.45, 2.75) is 6.04 Å². The number of carbonyl (C=O) groups is 1. The van der Waals surface area contributed by atoms with E-state index in [4.69, 9.17) is 11.6 Å². The van der Waals surface area contributed by atoms with Gasteiger partial charge in [-0.2, -0.15) is 10.5 Å². The summed E-state index contributed by atoms with van der Waals surface area (Å²) in [6.07, 6.45) is 3.29. The van der Waals surface area contributed by atoms with Crippen molar-refractivity contribution in [3.05, 3.63) is 65.4 Å². The van der Waals surface area contributed by atoms with Crippen LogP contribution in [0.3, 0.4) is 0 Å². The molecule has 1 aliphatic heterocycles. The molecule has 0 spiro atoms. The zero-order valence-electron chi connectivity index (χ0n) is 14.0. The van der Waals surface area contributed by atoms with E-state index in [9.17, 15) is 15.3 Å². The predicted octanol–water partition coefficient (Wildman–Crippen LogP) is 4.10. The summed E-state index contributed by atoms with van der Waals surface area (Å²) >= 11 is 6.07. The van der Waals surface area contributed by atoms with Crippen LogP contribution in [0.25, 0.3) is 10.8 Å². The van der Waals surface area contributed by atoms with Crippen molar-refractivity contribution < 1.29 is 4.79 Å². The minimum atomic E-state index is -0.712. The average Bonchev–Trinajstić information content (AvgIpc) is 3.03. The summed E-state index contributed by atoms with van der Waals surface area (Å²) in [5.41, 5.74) is 1.28. The highest BCUT2D eigenvalue weighted by Crippen LogP contribution is 2.35. The molecule has 3 aromatic rings. The van der Waals surface area contributed by atoms with Crippen LogP contribution in [0.4, 0.5) is 16.2 Å². The summed E-state index contributed by atoms with van der Waals surface area (Å²) in [6.45, 7) is 0.133. The van der Waals surface area contributed by atoms with Crippen molar-refractivity contribution in [3.8, 4) is 12.1 Å². The first kappa shape index (κ1) is 16.8. The van der Waals surface area contributed by atoms with E-state index in [0.29, 0.717) is 22.0 Å². The number of fused-ring (bicyclic) bond motifs is 1. The van der Waals surface area contributed by atoms with E-state index in [1.165, 1.54) is 9.80 Å². The number of nitriles is 2. The SMILES string of the molecule is N#Cc1ccc(Cl)cc1N1C[C@H](C#N)N(c2cncc3ccccc23)C1=O. The molecule has 2 amide bonds. The molecule has 0 saturated carbocycles. The summed E-state index contributed by atoms with van der Waals surface area (Å²) in [5, 5.41) is 21.1. The van der Waals surface area contributed by atoms with Gasteiger partial charge < -0.3 is 0 Å². The van der Waals surface area contributed by atoms with Crippen molar-refractivity contribution in [2.75, 3.05) is 16.3 Å². The van der Waals surface area contributed by atoms with E-state index in [0.717, 1.165) is 10.8 Å². The largest absolute Gasteiger partial charge is 0.330 e. The van der Waals surface area contributed by atoms with Gasteiger partial charge in [-0.3, -0.25) is 14.8 Å². The number of hydrogen-bond donors (Lipinski definition) is 0. The van der Waals surface area contributed by atoms with Crippen LogP contribution in [-0.2, 0) is 0 Å². The summed E-state index contributed by atoms with van der Waals surface area (Å²) in [6, 6.07) is 15.4. The third-order valence-electron chi connectivity index (χ3n) is 4.53. The molecule has 0 aliphatic carbocycles. The molecule has 4 rings (SSSR count). The Morgan fingerprint density at radius 1 is 1.11 bits per heavy atom. The van der Waals surface area contributed by atoms with Gasteiger partial charge >= 0.3 is 6.03 Å². The lowest BCUT2D eigenvalue weighted by Crippen LogP contribution is -2.34. The second-order valence-electron chi connectivity index (χ2n) is 6.06. The molecule has 1 saturated heterocycles. The third kappa shape index (κ3) is 2.73. The van der Waals surface area contributed by atoms with Crippen LogP contribution in [0.1, 0.15) is 5.56 Å². The Morgan fingerprint density at radius 3 is 2.70 bits per heavy atom. The van der Waals surface area contributed by atoms with Crippen molar-refractivity contribution in [3.63, 3.8) is 0 Å². The Hall–Kier alpha value is -3.61.